The summed E-state index contributed by atoms with van der Waals surface area (Å²) in [5, 5.41) is 3.59. The highest BCUT2D eigenvalue weighted by Crippen LogP contribution is 2.02. The molecular formula is C7H14N2O3S. The van der Waals surface area contributed by atoms with Crippen molar-refractivity contribution in [3.63, 3.8) is 0 Å². The maximum atomic E-state index is 11.0. The molecule has 0 spiro atoms. The number of nitrogens with zero attached hydrogens (tertiary/aromatic N) is 2. The molecule has 1 heterocycles. The van der Waals surface area contributed by atoms with Crippen molar-refractivity contribution < 1.29 is 13.3 Å². The van der Waals surface area contributed by atoms with Gasteiger partial charge in [0.15, 0.2) is 16.6 Å². The third kappa shape index (κ3) is 3.73. The van der Waals surface area contributed by atoms with E-state index in [1.807, 2.05) is 4.90 Å². The van der Waals surface area contributed by atoms with Crippen LogP contribution in [0.3, 0.4) is 0 Å². The Morgan fingerprint density at radius 3 is 2.62 bits per heavy atom. The Bertz CT molecular complexity index is 259. The van der Waals surface area contributed by atoms with Crippen LogP contribution in [0.4, 0.5) is 0 Å². The van der Waals surface area contributed by atoms with E-state index in [0.717, 1.165) is 0 Å². The minimum absolute atomic E-state index is 0.228. The Morgan fingerprint density at radius 2 is 2.08 bits per heavy atom. The molecule has 0 aromatic heterocycles. The SMILES string of the molecule is CC=NOCN1CCS(=O)(=O)CC1. The first-order valence-electron chi connectivity index (χ1n) is 4.17. The van der Waals surface area contributed by atoms with Gasteiger partial charge in [-0.25, -0.2) is 8.42 Å². The molecular weight excluding hydrogens is 192 g/mol. The Kier molecular flexibility index (Phi) is 3.68. The van der Waals surface area contributed by atoms with Crippen molar-refractivity contribution >= 4 is 16.1 Å². The van der Waals surface area contributed by atoms with Crippen molar-refractivity contribution in [2.24, 2.45) is 5.16 Å². The third-order valence-electron chi connectivity index (χ3n) is 1.86. The van der Waals surface area contributed by atoms with Crippen molar-refractivity contribution in [2.75, 3.05) is 31.3 Å². The molecule has 1 aliphatic rings. The maximum Gasteiger partial charge on any atom is 0.170 e. The number of hydrogen-bond donors (Lipinski definition) is 0. The molecule has 0 N–H and O–H groups in total. The molecule has 0 saturated carbocycles. The summed E-state index contributed by atoms with van der Waals surface area (Å²) in [6.07, 6.45) is 1.56. The number of oxime groups is 1. The van der Waals surface area contributed by atoms with Crippen LogP contribution in [-0.2, 0) is 14.7 Å². The minimum Gasteiger partial charge on any atom is -0.380 e. The van der Waals surface area contributed by atoms with Gasteiger partial charge < -0.3 is 4.84 Å². The van der Waals surface area contributed by atoms with Gasteiger partial charge in [-0.2, -0.15) is 0 Å². The van der Waals surface area contributed by atoms with Gasteiger partial charge in [0.25, 0.3) is 0 Å². The lowest BCUT2D eigenvalue weighted by molar-refractivity contribution is 0.0381. The minimum atomic E-state index is -2.78. The summed E-state index contributed by atoms with van der Waals surface area (Å²) in [4.78, 5) is 6.82. The first-order chi connectivity index (χ1) is 6.14. The predicted molar refractivity (Wildman–Crippen MR) is 50.3 cm³/mol. The maximum absolute atomic E-state index is 11.0. The van der Waals surface area contributed by atoms with Crippen LogP contribution < -0.4 is 0 Å². The fourth-order valence-electron chi connectivity index (χ4n) is 1.07. The summed E-state index contributed by atoms with van der Waals surface area (Å²) in [6, 6.07) is 0. The van der Waals surface area contributed by atoms with E-state index in [9.17, 15) is 8.42 Å². The van der Waals surface area contributed by atoms with Crippen molar-refractivity contribution in [3.05, 3.63) is 0 Å². The van der Waals surface area contributed by atoms with Gasteiger partial charge in [0.1, 0.15) is 0 Å². The van der Waals surface area contributed by atoms with Gasteiger partial charge in [-0.15, -0.1) is 0 Å². The summed E-state index contributed by atoms with van der Waals surface area (Å²) in [7, 11) is -2.78. The molecule has 0 unspecified atom stereocenters. The van der Waals surface area contributed by atoms with Gasteiger partial charge in [0.2, 0.25) is 0 Å². The summed E-state index contributed by atoms with van der Waals surface area (Å²) in [6.45, 7) is 3.23. The molecule has 0 aromatic carbocycles. The molecule has 76 valence electrons. The smallest absolute Gasteiger partial charge is 0.170 e. The van der Waals surface area contributed by atoms with Crippen molar-refractivity contribution in [1.29, 1.82) is 0 Å². The second-order valence-corrected chi connectivity index (χ2v) is 5.20. The van der Waals surface area contributed by atoms with Gasteiger partial charge in [-0.05, 0) is 6.92 Å². The van der Waals surface area contributed by atoms with Crippen molar-refractivity contribution in [3.8, 4) is 0 Å². The second-order valence-electron chi connectivity index (χ2n) is 2.89. The van der Waals surface area contributed by atoms with Crippen molar-refractivity contribution in [1.82, 2.24) is 4.90 Å². The van der Waals surface area contributed by atoms with Crippen LogP contribution >= 0.6 is 0 Å². The average molecular weight is 206 g/mol. The van der Waals surface area contributed by atoms with Gasteiger partial charge in [0.05, 0.1) is 11.5 Å². The molecule has 0 aliphatic carbocycles. The molecule has 1 rings (SSSR count). The normalized spacial score (nSPS) is 23.5. The lowest BCUT2D eigenvalue weighted by Crippen LogP contribution is -2.40. The summed E-state index contributed by atoms with van der Waals surface area (Å²) in [5.74, 6) is 0.457. The third-order valence-corrected chi connectivity index (χ3v) is 3.47. The van der Waals surface area contributed by atoms with Crippen LogP contribution in [0.1, 0.15) is 6.92 Å². The summed E-state index contributed by atoms with van der Waals surface area (Å²) >= 11 is 0. The molecule has 13 heavy (non-hydrogen) atoms. The molecule has 0 radical (unpaired) electrons. The van der Waals surface area contributed by atoms with Crippen LogP contribution in [0.25, 0.3) is 0 Å². The molecule has 5 nitrogen and oxygen atoms in total. The van der Waals surface area contributed by atoms with Gasteiger partial charge >= 0.3 is 0 Å². The number of rotatable bonds is 3. The second kappa shape index (κ2) is 4.57. The Morgan fingerprint density at radius 1 is 1.46 bits per heavy atom. The quantitative estimate of drug-likeness (QED) is 0.470. The highest BCUT2D eigenvalue weighted by molar-refractivity contribution is 7.91. The van der Waals surface area contributed by atoms with Gasteiger partial charge in [-0.3, -0.25) is 4.90 Å². The van der Waals surface area contributed by atoms with E-state index in [0.29, 0.717) is 19.8 Å². The van der Waals surface area contributed by atoms with E-state index in [-0.39, 0.29) is 11.5 Å². The van der Waals surface area contributed by atoms with Gasteiger partial charge in [-0.1, -0.05) is 5.16 Å². The number of sulfone groups is 1. The molecule has 0 amide bonds. The van der Waals surface area contributed by atoms with Crippen LogP contribution in [0.5, 0.6) is 0 Å². The Hall–Kier alpha value is -0.620. The van der Waals surface area contributed by atoms with E-state index in [1.54, 1.807) is 13.1 Å². The monoisotopic (exact) mass is 206 g/mol. The molecule has 0 aromatic rings. The van der Waals surface area contributed by atoms with E-state index in [2.05, 4.69) is 5.16 Å². The van der Waals surface area contributed by atoms with Gasteiger partial charge in [0, 0.05) is 19.3 Å². The largest absolute Gasteiger partial charge is 0.380 e. The highest BCUT2D eigenvalue weighted by atomic mass is 32.2. The van der Waals surface area contributed by atoms with Crippen LogP contribution in [0.15, 0.2) is 5.16 Å². The molecule has 6 heteroatoms. The lowest BCUT2D eigenvalue weighted by Gasteiger charge is -2.24. The fourth-order valence-corrected chi connectivity index (χ4v) is 2.35. The molecule has 0 atom stereocenters. The highest BCUT2D eigenvalue weighted by Gasteiger charge is 2.21. The average Bonchev–Trinajstić information content (AvgIpc) is 2.08. The van der Waals surface area contributed by atoms with E-state index < -0.39 is 9.84 Å². The first-order valence-corrected chi connectivity index (χ1v) is 5.99. The van der Waals surface area contributed by atoms with Crippen molar-refractivity contribution in [2.45, 2.75) is 6.92 Å². The van der Waals surface area contributed by atoms with Crippen LogP contribution in [0, 0.1) is 0 Å². The van der Waals surface area contributed by atoms with E-state index in [4.69, 9.17) is 4.84 Å². The summed E-state index contributed by atoms with van der Waals surface area (Å²) < 4.78 is 22.1. The lowest BCUT2D eigenvalue weighted by atomic mass is 10.5. The topological polar surface area (TPSA) is 59.0 Å². The molecule has 1 saturated heterocycles. The Labute approximate surface area is 78.3 Å². The molecule has 1 aliphatic heterocycles. The molecule has 0 bridgehead atoms. The Balaban J connectivity index is 2.25. The van der Waals surface area contributed by atoms with Crippen LogP contribution in [-0.4, -0.2) is 50.9 Å². The fraction of sp³-hybridized carbons (Fsp3) is 0.857. The van der Waals surface area contributed by atoms with Crippen LogP contribution in [0.2, 0.25) is 0 Å². The molecule has 1 fully saturated rings. The van der Waals surface area contributed by atoms with E-state index >= 15 is 0 Å². The van der Waals surface area contributed by atoms with E-state index in [1.165, 1.54) is 0 Å². The number of hydrogen-bond acceptors (Lipinski definition) is 5. The zero-order valence-electron chi connectivity index (χ0n) is 7.64. The zero-order valence-corrected chi connectivity index (χ0v) is 8.46. The summed E-state index contributed by atoms with van der Waals surface area (Å²) in [5.41, 5.74) is 0. The first kappa shape index (κ1) is 10.5. The zero-order chi connectivity index (χ0) is 9.73. The predicted octanol–water partition coefficient (Wildman–Crippen LogP) is -0.303. The standard InChI is InChI=1S/C7H14N2O3S/c1-2-8-12-7-9-3-5-13(10,11)6-4-9/h2H,3-7H2,1H3.